The fraction of sp³-hybridized carbons (Fsp3) is 0.304. The van der Waals surface area contributed by atoms with Gasteiger partial charge in [-0.2, -0.15) is 4.98 Å². The Hall–Kier alpha value is -3.03. The Balaban J connectivity index is 1.49. The van der Waals surface area contributed by atoms with Crippen LogP contribution in [0.5, 0.6) is 0 Å². The van der Waals surface area contributed by atoms with Crippen LogP contribution in [0.1, 0.15) is 6.42 Å². The average Bonchev–Trinajstić information content (AvgIpc) is 2.78. The molecular weight excluding hydrogens is 381 g/mol. The molecule has 0 aliphatic carbocycles. The first-order chi connectivity index (χ1) is 14.7. The second-order valence-electron chi connectivity index (χ2n) is 7.32. The van der Waals surface area contributed by atoms with Gasteiger partial charge in [0.05, 0.1) is 13.2 Å². The van der Waals surface area contributed by atoms with Crippen LogP contribution in [-0.2, 0) is 4.74 Å². The van der Waals surface area contributed by atoms with E-state index in [-0.39, 0.29) is 11.8 Å². The lowest BCUT2D eigenvalue weighted by molar-refractivity contribution is 0.0378. The standard InChI is InChI=1S/C23H26FN5O/c24-20-7-2-5-18(15-20)17-4-1-6-19(14-17)21-16-27-23(25)28-22(21)26-8-3-9-29-10-12-30-13-11-29/h1-2,4-7,14-16H,3,8-13H2,(H3,25,26,27,28). The largest absolute Gasteiger partial charge is 0.379 e. The Morgan fingerprint density at radius 3 is 2.57 bits per heavy atom. The van der Waals surface area contributed by atoms with Gasteiger partial charge >= 0.3 is 0 Å². The normalized spacial score (nSPS) is 14.6. The summed E-state index contributed by atoms with van der Waals surface area (Å²) in [7, 11) is 0. The van der Waals surface area contributed by atoms with E-state index in [0.717, 1.165) is 68.1 Å². The summed E-state index contributed by atoms with van der Waals surface area (Å²) in [4.78, 5) is 11.0. The lowest BCUT2D eigenvalue weighted by atomic mass is 10.00. The van der Waals surface area contributed by atoms with E-state index >= 15 is 0 Å². The Kier molecular flexibility index (Phi) is 6.51. The van der Waals surface area contributed by atoms with E-state index < -0.39 is 0 Å². The summed E-state index contributed by atoms with van der Waals surface area (Å²) in [5, 5.41) is 3.41. The van der Waals surface area contributed by atoms with Crippen LogP contribution in [0.4, 0.5) is 16.2 Å². The highest BCUT2D eigenvalue weighted by Crippen LogP contribution is 2.30. The molecule has 2 heterocycles. The van der Waals surface area contributed by atoms with Crippen LogP contribution in [0.15, 0.2) is 54.7 Å². The zero-order valence-electron chi connectivity index (χ0n) is 16.9. The van der Waals surface area contributed by atoms with Crippen molar-refractivity contribution >= 4 is 11.8 Å². The molecule has 1 aliphatic rings. The van der Waals surface area contributed by atoms with Gasteiger partial charge in [0.2, 0.25) is 5.95 Å². The van der Waals surface area contributed by atoms with Crippen molar-refractivity contribution in [1.29, 1.82) is 0 Å². The van der Waals surface area contributed by atoms with Gasteiger partial charge in [0.1, 0.15) is 11.6 Å². The van der Waals surface area contributed by atoms with E-state index in [2.05, 4.69) is 20.2 Å². The Morgan fingerprint density at radius 2 is 1.77 bits per heavy atom. The second-order valence-corrected chi connectivity index (χ2v) is 7.32. The maximum atomic E-state index is 13.6. The van der Waals surface area contributed by atoms with Crippen molar-refractivity contribution < 1.29 is 9.13 Å². The Morgan fingerprint density at radius 1 is 1.03 bits per heavy atom. The smallest absolute Gasteiger partial charge is 0.221 e. The topological polar surface area (TPSA) is 76.3 Å². The van der Waals surface area contributed by atoms with E-state index in [9.17, 15) is 4.39 Å². The van der Waals surface area contributed by atoms with Gasteiger partial charge in [-0.15, -0.1) is 0 Å². The number of nitrogen functional groups attached to an aromatic ring is 1. The minimum Gasteiger partial charge on any atom is -0.379 e. The number of hydrogen-bond acceptors (Lipinski definition) is 6. The van der Waals surface area contributed by atoms with Gasteiger partial charge in [-0.05, 0) is 47.9 Å². The Labute approximate surface area is 175 Å². The fourth-order valence-electron chi connectivity index (χ4n) is 3.61. The van der Waals surface area contributed by atoms with Crippen molar-refractivity contribution in [3.05, 3.63) is 60.5 Å². The summed E-state index contributed by atoms with van der Waals surface area (Å²) in [6, 6.07) is 14.5. The van der Waals surface area contributed by atoms with Crippen molar-refractivity contribution in [3.63, 3.8) is 0 Å². The zero-order chi connectivity index (χ0) is 20.8. The lowest BCUT2D eigenvalue weighted by Crippen LogP contribution is -2.37. The SMILES string of the molecule is Nc1ncc(-c2cccc(-c3cccc(F)c3)c2)c(NCCCN2CCOCC2)n1. The predicted molar refractivity (Wildman–Crippen MR) is 118 cm³/mol. The third-order valence-electron chi connectivity index (χ3n) is 5.19. The van der Waals surface area contributed by atoms with Gasteiger partial charge in [-0.3, -0.25) is 4.90 Å². The molecule has 30 heavy (non-hydrogen) atoms. The molecule has 0 atom stereocenters. The first-order valence-electron chi connectivity index (χ1n) is 10.2. The van der Waals surface area contributed by atoms with E-state index in [1.807, 2.05) is 30.3 Å². The molecule has 4 rings (SSSR count). The van der Waals surface area contributed by atoms with Crippen molar-refractivity contribution in [2.75, 3.05) is 50.4 Å². The predicted octanol–water partition coefficient (Wildman–Crippen LogP) is 3.67. The number of nitrogens with one attached hydrogen (secondary N) is 1. The maximum Gasteiger partial charge on any atom is 0.221 e. The van der Waals surface area contributed by atoms with Gasteiger partial charge in [0.25, 0.3) is 0 Å². The van der Waals surface area contributed by atoms with Crippen LogP contribution < -0.4 is 11.1 Å². The maximum absolute atomic E-state index is 13.6. The summed E-state index contributed by atoms with van der Waals surface area (Å²) >= 11 is 0. The van der Waals surface area contributed by atoms with Crippen LogP contribution in [0.2, 0.25) is 0 Å². The van der Waals surface area contributed by atoms with Crippen molar-refractivity contribution in [3.8, 4) is 22.3 Å². The molecule has 0 spiro atoms. The number of rotatable bonds is 7. The molecule has 1 aromatic heterocycles. The number of aromatic nitrogens is 2. The third-order valence-corrected chi connectivity index (χ3v) is 5.19. The molecule has 3 aromatic rings. The highest BCUT2D eigenvalue weighted by molar-refractivity contribution is 5.79. The number of morpholine rings is 1. The highest BCUT2D eigenvalue weighted by Gasteiger charge is 2.12. The monoisotopic (exact) mass is 407 g/mol. The van der Waals surface area contributed by atoms with Crippen LogP contribution >= 0.6 is 0 Å². The average molecular weight is 407 g/mol. The minimum atomic E-state index is -0.253. The summed E-state index contributed by atoms with van der Waals surface area (Å²) in [5.74, 6) is 0.688. The molecule has 0 unspecified atom stereocenters. The quantitative estimate of drug-likeness (QED) is 0.582. The molecular formula is C23H26FN5O. The number of nitrogens with zero attached hydrogens (tertiary/aromatic N) is 3. The molecule has 2 aromatic carbocycles. The van der Waals surface area contributed by atoms with Gasteiger partial charge in [-0.1, -0.05) is 30.3 Å². The van der Waals surface area contributed by atoms with Crippen molar-refractivity contribution in [1.82, 2.24) is 14.9 Å². The first-order valence-corrected chi connectivity index (χ1v) is 10.2. The van der Waals surface area contributed by atoms with E-state index in [1.54, 1.807) is 12.3 Å². The first kappa shape index (κ1) is 20.3. The summed E-state index contributed by atoms with van der Waals surface area (Å²) < 4.78 is 19.0. The molecule has 1 aliphatic heterocycles. The van der Waals surface area contributed by atoms with Gasteiger partial charge in [-0.25, -0.2) is 9.37 Å². The number of benzene rings is 2. The molecule has 3 N–H and O–H groups in total. The minimum absolute atomic E-state index is 0.232. The lowest BCUT2D eigenvalue weighted by Gasteiger charge is -2.26. The van der Waals surface area contributed by atoms with Crippen molar-refractivity contribution in [2.24, 2.45) is 0 Å². The Bertz CT molecular complexity index is 991. The van der Waals surface area contributed by atoms with Crippen LogP contribution in [0.3, 0.4) is 0 Å². The molecule has 7 heteroatoms. The third kappa shape index (κ3) is 5.11. The molecule has 6 nitrogen and oxygen atoms in total. The van der Waals surface area contributed by atoms with Crippen LogP contribution in [0, 0.1) is 5.82 Å². The van der Waals surface area contributed by atoms with Gasteiger partial charge in [0.15, 0.2) is 0 Å². The molecule has 0 amide bonds. The molecule has 1 fully saturated rings. The highest BCUT2D eigenvalue weighted by atomic mass is 19.1. The molecule has 1 saturated heterocycles. The van der Waals surface area contributed by atoms with Crippen molar-refractivity contribution in [2.45, 2.75) is 6.42 Å². The van der Waals surface area contributed by atoms with Gasteiger partial charge < -0.3 is 15.8 Å². The van der Waals surface area contributed by atoms with Crippen LogP contribution in [-0.4, -0.2) is 54.3 Å². The number of hydrogen-bond donors (Lipinski definition) is 2. The van der Waals surface area contributed by atoms with E-state index in [0.29, 0.717) is 5.82 Å². The second kappa shape index (κ2) is 9.65. The van der Waals surface area contributed by atoms with E-state index in [4.69, 9.17) is 10.5 Å². The van der Waals surface area contributed by atoms with Crippen LogP contribution in [0.25, 0.3) is 22.3 Å². The summed E-state index contributed by atoms with van der Waals surface area (Å²) in [5.41, 5.74) is 9.42. The summed E-state index contributed by atoms with van der Waals surface area (Å²) in [6.45, 7) is 5.38. The van der Waals surface area contributed by atoms with E-state index in [1.165, 1.54) is 12.1 Å². The molecule has 0 radical (unpaired) electrons. The fourth-order valence-corrected chi connectivity index (χ4v) is 3.61. The molecule has 0 saturated carbocycles. The molecule has 156 valence electrons. The number of nitrogens with two attached hydrogens (primary N) is 1. The molecule has 0 bridgehead atoms. The number of anilines is 2. The van der Waals surface area contributed by atoms with Gasteiger partial charge in [0, 0.05) is 31.4 Å². The number of ether oxygens (including phenoxy) is 1. The number of halogens is 1. The summed E-state index contributed by atoms with van der Waals surface area (Å²) in [6.07, 6.45) is 2.73. The zero-order valence-corrected chi connectivity index (χ0v) is 16.9.